The number of benzene rings is 1. The van der Waals surface area contributed by atoms with Gasteiger partial charge in [0.15, 0.2) is 0 Å². The van der Waals surface area contributed by atoms with Gasteiger partial charge in [-0.25, -0.2) is 4.79 Å². The van der Waals surface area contributed by atoms with E-state index < -0.39 is 23.4 Å². The van der Waals surface area contributed by atoms with E-state index in [0.717, 1.165) is 27.5 Å². The molecule has 0 aliphatic carbocycles. The number of methoxy groups -OCH3 is 1. The highest BCUT2D eigenvalue weighted by Crippen LogP contribution is 2.35. The topological polar surface area (TPSA) is 140 Å². The average molecular weight is 474 g/mol. The maximum Gasteiger partial charge on any atom is 0.332 e. The molecule has 0 radical (unpaired) electrons. The fraction of sp³-hybridized carbons (Fsp3) is 0.125. The molecule has 4 rings (SSSR count). The summed E-state index contributed by atoms with van der Waals surface area (Å²) in [6.45, 7) is 0.237. The number of aromatic nitrogens is 2. The number of hydrogen-bond acceptors (Lipinski definition) is 8. The van der Waals surface area contributed by atoms with Crippen molar-refractivity contribution in [3.8, 4) is 6.07 Å². The SMILES string of the molecule is COC(=O)/C=c1\sc2n(c1=O)C(N)=C(C#N)[C@@H](c1cccnc1)C=2C(=O)NCc1ccccc1. The molecule has 3 heterocycles. The van der Waals surface area contributed by atoms with Crippen molar-refractivity contribution in [2.24, 2.45) is 5.73 Å². The summed E-state index contributed by atoms with van der Waals surface area (Å²) in [6.07, 6.45) is 4.16. The summed E-state index contributed by atoms with van der Waals surface area (Å²) in [5.41, 5.74) is 7.30. The van der Waals surface area contributed by atoms with Crippen LogP contribution in [0.2, 0.25) is 0 Å². The number of fused-ring (bicyclic) bond motifs is 1. The Kier molecular flexibility index (Phi) is 6.38. The van der Waals surface area contributed by atoms with Crippen molar-refractivity contribution in [2.45, 2.75) is 12.5 Å². The Morgan fingerprint density at radius 2 is 2.06 bits per heavy atom. The molecule has 1 atom stereocenters. The van der Waals surface area contributed by atoms with Crippen molar-refractivity contribution in [3.05, 3.63) is 91.1 Å². The first-order chi connectivity index (χ1) is 16.5. The number of thiazole rings is 1. The van der Waals surface area contributed by atoms with Gasteiger partial charge in [-0.1, -0.05) is 36.4 Å². The summed E-state index contributed by atoms with van der Waals surface area (Å²) in [5.74, 6) is -2.15. The lowest BCUT2D eigenvalue weighted by Gasteiger charge is -2.25. The average Bonchev–Trinajstić information content (AvgIpc) is 3.19. The summed E-state index contributed by atoms with van der Waals surface area (Å²) in [7, 11) is 1.19. The molecule has 3 N–H and O–H groups in total. The number of ether oxygens (including phenoxy) is 1. The molecular formula is C24H19N5O4S. The van der Waals surface area contributed by atoms with Crippen LogP contribution in [0.15, 0.2) is 65.2 Å². The van der Waals surface area contributed by atoms with E-state index in [9.17, 15) is 19.6 Å². The van der Waals surface area contributed by atoms with Crippen LogP contribution in [0.4, 0.5) is 0 Å². The second kappa shape index (κ2) is 9.56. The van der Waals surface area contributed by atoms with Crippen molar-refractivity contribution in [2.75, 3.05) is 7.11 Å². The van der Waals surface area contributed by atoms with Gasteiger partial charge in [0.2, 0.25) is 0 Å². The highest BCUT2D eigenvalue weighted by Gasteiger charge is 2.35. The lowest BCUT2D eigenvalue weighted by atomic mass is 9.84. The zero-order valence-corrected chi connectivity index (χ0v) is 18.8. The third-order valence-electron chi connectivity index (χ3n) is 5.28. The molecule has 2 aromatic heterocycles. The van der Waals surface area contributed by atoms with E-state index in [0.29, 0.717) is 5.56 Å². The van der Waals surface area contributed by atoms with E-state index in [-0.39, 0.29) is 32.7 Å². The fourth-order valence-corrected chi connectivity index (χ4v) is 4.82. The largest absolute Gasteiger partial charge is 0.466 e. The smallest absolute Gasteiger partial charge is 0.332 e. The van der Waals surface area contributed by atoms with Crippen LogP contribution < -0.4 is 25.8 Å². The molecular weight excluding hydrogens is 454 g/mol. The van der Waals surface area contributed by atoms with Crippen molar-refractivity contribution in [1.29, 1.82) is 5.26 Å². The molecule has 0 unspecified atom stereocenters. The molecule has 0 spiro atoms. The number of rotatable bonds is 5. The molecule has 3 aromatic rings. The molecule has 34 heavy (non-hydrogen) atoms. The van der Waals surface area contributed by atoms with Gasteiger partial charge in [-0.3, -0.25) is 19.1 Å². The van der Waals surface area contributed by atoms with Gasteiger partial charge < -0.3 is 15.8 Å². The Hall–Kier alpha value is -4.49. The first-order valence-electron chi connectivity index (χ1n) is 10.1. The van der Waals surface area contributed by atoms with Crippen molar-refractivity contribution < 1.29 is 14.3 Å². The van der Waals surface area contributed by atoms with Gasteiger partial charge in [0.05, 0.1) is 30.2 Å². The van der Waals surface area contributed by atoms with Crippen LogP contribution >= 0.6 is 11.3 Å². The second-order valence-corrected chi connectivity index (χ2v) is 8.32. The van der Waals surface area contributed by atoms with Gasteiger partial charge in [-0.2, -0.15) is 5.26 Å². The number of nitriles is 1. The standard InChI is InChI=1S/C24H19N5O4S/c1-33-18(30)10-17-23(32)29-21(26)16(11-25)19(15-8-5-9-27-13-15)20(24(29)34-17)22(31)28-12-14-6-3-2-4-7-14/h2-10,13,19H,12,26H2,1H3,(H,28,31)/b17-10-/t19-/m1/s1. The van der Waals surface area contributed by atoms with Crippen LogP contribution in [0.3, 0.4) is 0 Å². The Labute approximate surface area is 197 Å². The van der Waals surface area contributed by atoms with Gasteiger partial charge in [0.1, 0.15) is 15.0 Å². The van der Waals surface area contributed by atoms with Gasteiger partial charge >= 0.3 is 5.97 Å². The number of nitrogens with one attached hydrogen (secondary N) is 1. The summed E-state index contributed by atoms with van der Waals surface area (Å²) >= 11 is 0.931. The van der Waals surface area contributed by atoms with Crippen LogP contribution in [0.25, 0.3) is 17.5 Å². The van der Waals surface area contributed by atoms with E-state index in [4.69, 9.17) is 5.73 Å². The maximum atomic E-state index is 13.5. The van der Waals surface area contributed by atoms with E-state index in [2.05, 4.69) is 21.1 Å². The van der Waals surface area contributed by atoms with E-state index in [1.807, 2.05) is 30.3 Å². The summed E-state index contributed by atoms with van der Waals surface area (Å²) in [5, 5.41) is 12.8. The molecule has 1 aliphatic rings. The highest BCUT2D eigenvalue weighted by atomic mass is 32.1. The van der Waals surface area contributed by atoms with Crippen LogP contribution in [-0.2, 0) is 20.9 Å². The first-order valence-corrected chi connectivity index (χ1v) is 11.0. The lowest BCUT2D eigenvalue weighted by Crippen LogP contribution is -2.42. The number of hydrogen-bond donors (Lipinski definition) is 2. The van der Waals surface area contributed by atoms with Crippen LogP contribution in [0.1, 0.15) is 17.0 Å². The van der Waals surface area contributed by atoms with E-state index in [1.165, 1.54) is 7.11 Å². The first kappa shape index (κ1) is 22.7. The van der Waals surface area contributed by atoms with E-state index in [1.54, 1.807) is 24.5 Å². The van der Waals surface area contributed by atoms with Gasteiger partial charge in [-0.15, -0.1) is 11.3 Å². The summed E-state index contributed by atoms with van der Waals surface area (Å²) in [4.78, 5) is 42.5. The minimum absolute atomic E-state index is 0.0299. The predicted octanol–water partition coefficient (Wildman–Crippen LogP) is 0.174. The molecule has 0 saturated heterocycles. The number of pyridine rings is 1. The molecule has 170 valence electrons. The van der Waals surface area contributed by atoms with Crippen molar-refractivity contribution in [1.82, 2.24) is 14.9 Å². The molecule has 1 aliphatic heterocycles. The van der Waals surface area contributed by atoms with Crippen LogP contribution in [0.5, 0.6) is 0 Å². The van der Waals surface area contributed by atoms with Crippen molar-refractivity contribution in [3.63, 3.8) is 0 Å². The number of carbonyl (C=O) groups excluding carboxylic acids is 2. The molecule has 0 bridgehead atoms. The summed E-state index contributed by atoms with van der Waals surface area (Å²) < 4.78 is 6.00. The van der Waals surface area contributed by atoms with E-state index >= 15 is 0 Å². The van der Waals surface area contributed by atoms with Crippen LogP contribution in [-0.4, -0.2) is 28.5 Å². The zero-order chi connectivity index (χ0) is 24.2. The predicted molar refractivity (Wildman–Crippen MR) is 126 cm³/mol. The minimum atomic E-state index is -0.849. The van der Waals surface area contributed by atoms with Gasteiger partial charge in [-0.05, 0) is 17.2 Å². The third-order valence-corrected chi connectivity index (χ3v) is 6.39. The normalized spacial score (nSPS) is 15.5. The highest BCUT2D eigenvalue weighted by molar-refractivity contribution is 7.07. The Morgan fingerprint density at radius 1 is 1.29 bits per heavy atom. The number of nitrogens with two attached hydrogens (primary N) is 1. The fourth-order valence-electron chi connectivity index (χ4n) is 3.69. The molecule has 0 fully saturated rings. The number of amides is 1. The summed E-state index contributed by atoms with van der Waals surface area (Å²) in [6, 6.07) is 14.8. The minimum Gasteiger partial charge on any atom is -0.466 e. The Bertz CT molecular complexity index is 1520. The molecule has 9 nitrogen and oxygen atoms in total. The molecule has 0 saturated carbocycles. The molecule has 10 heteroatoms. The number of esters is 1. The number of carbonyl (C=O) groups is 2. The third kappa shape index (κ3) is 4.12. The molecule has 1 aromatic carbocycles. The zero-order valence-electron chi connectivity index (χ0n) is 18.0. The monoisotopic (exact) mass is 473 g/mol. The molecule has 1 amide bonds. The van der Waals surface area contributed by atoms with Crippen LogP contribution in [0, 0.1) is 11.3 Å². The Balaban J connectivity index is 1.97. The van der Waals surface area contributed by atoms with Gasteiger partial charge in [0, 0.05) is 25.0 Å². The maximum absolute atomic E-state index is 13.5. The van der Waals surface area contributed by atoms with Crippen molar-refractivity contribution >= 4 is 40.7 Å². The van der Waals surface area contributed by atoms with Gasteiger partial charge in [0.25, 0.3) is 11.5 Å². The lowest BCUT2D eigenvalue weighted by molar-refractivity contribution is -0.133. The quantitative estimate of drug-likeness (QED) is 0.504. The second-order valence-electron chi connectivity index (χ2n) is 7.29. The number of nitrogens with zero attached hydrogens (tertiary/aromatic N) is 3. The number of allylic oxidation sites excluding steroid dienone is 1. The Morgan fingerprint density at radius 3 is 2.71 bits per heavy atom.